The Kier molecular flexibility index (Phi) is 5.21. The number of aromatic nitrogens is 2. The molecule has 2 atom stereocenters. The highest BCUT2D eigenvalue weighted by Gasteiger charge is 2.45. The summed E-state index contributed by atoms with van der Waals surface area (Å²) in [4.78, 5) is 13.0. The van der Waals surface area contributed by atoms with Crippen molar-refractivity contribution < 1.29 is 18.3 Å². The number of carbonyl (C=O) groups excluding carboxylic acids is 1. The number of aryl methyl sites for hydroxylation is 2. The zero-order chi connectivity index (χ0) is 22.5. The molecule has 0 bridgehead atoms. The van der Waals surface area contributed by atoms with Gasteiger partial charge in [-0.25, -0.2) is 8.78 Å². The van der Waals surface area contributed by atoms with Gasteiger partial charge in [-0.1, -0.05) is 19.9 Å². The summed E-state index contributed by atoms with van der Waals surface area (Å²) in [6, 6.07) is 6.99. The third kappa shape index (κ3) is 3.76. The topological polar surface area (TPSA) is 81.7 Å². The predicted octanol–water partition coefficient (Wildman–Crippen LogP) is 3.66. The minimum Gasteiger partial charge on any atom is -0.473 e. The Bertz CT molecular complexity index is 1150. The van der Waals surface area contributed by atoms with Gasteiger partial charge in [0.25, 0.3) is 5.91 Å². The number of ether oxygens (including phenoxy) is 1. The first-order valence-corrected chi connectivity index (χ1v) is 10.2. The molecule has 1 aromatic carbocycles. The van der Waals surface area contributed by atoms with Crippen molar-refractivity contribution in [2.45, 2.75) is 52.8 Å². The quantitative estimate of drug-likeness (QED) is 0.650. The normalized spacial score (nSPS) is 19.8. The molecular formula is C23H26F2N4O2. The zero-order valence-corrected chi connectivity index (χ0v) is 18.0. The Morgan fingerprint density at radius 1 is 1.29 bits per heavy atom. The average Bonchev–Trinajstić information content (AvgIpc) is 3.02. The van der Waals surface area contributed by atoms with Gasteiger partial charge in [0.05, 0.1) is 22.3 Å². The molecule has 6 nitrogen and oxygen atoms in total. The van der Waals surface area contributed by atoms with Gasteiger partial charge in [0, 0.05) is 18.2 Å². The lowest BCUT2D eigenvalue weighted by atomic mass is 9.64. The number of rotatable bonds is 5. The van der Waals surface area contributed by atoms with Gasteiger partial charge in [-0.15, -0.1) is 0 Å². The number of halogens is 2. The van der Waals surface area contributed by atoms with E-state index in [2.05, 4.69) is 24.3 Å². The highest BCUT2D eigenvalue weighted by molar-refractivity contribution is 6.02. The minimum atomic E-state index is -0.680. The minimum absolute atomic E-state index is 0.00629. The van der Waals surface area contributed by atoms with Crippen molar-refractivity contribution in [3.8, 4) is 5.88 Å². The molecule has 0 aliphatic heterocycles. The summed E-state index contributed by atoms with van der Waals surface area (Å²) in [6.45, 7) is 7.44. The Morgan fingerprint density at radius 2 is 1.97 bits per heavy atom. The van der Waals surface area contributed by atoms with E-state index in [-0.39, 0.29) is 35.6 Å². The molecule has 31 heavy (non-hydrogen) atoms. The maximum Gasteiger partial charge on any atom is 0.255 e. The smallest absolute Gasteiger partial charge is 0.255 e. The SMILES string of the molecule is Cc1cc(OCc2c(F)cccc2F)n2nc(C)c(C(=O)NC3CC(C)(C)C3N)c2c1. The van der Waals surface area contributed by atoms with Gasteiger partial charge >= 0.3 is 0 Å². The summed E-state index contributed by atoms with van der Waals surface area (Å²) in [5, 5.41) is 7.45. The fourth-order valence-electron chi connectivity index (χ4n) is 4.15. The number of nitrogens with two attached hydrogens (primary N) is 1. The van der Waals surface area contributed by atoms with E-state index in [1.54, 1.807) is 13.0 Å². The maximum atomic E-state index is 14.0. The van der Waals surface area contributed by atoms with E-state index in [1.807, 2.05) is 13.0 Å². The fraction of sp³-hybridized carbons (Fsp3) is 0.391. The van der Waals surface area contributed by atoms with Gasteiger partial charge in [-0.2, -0.15) is 9.61 Å². The van der Waals surface area contributed by atoms with E-state index < -0.39 is 11.6 Å². The Hall–Kier alpha value is -3.00. The van der Waals surface area contributed by atoms with Gasteiger partial charge in [0.2, 0.25) is 5.88 Å². The maximum absolute atomic E-state index is 14.0. The summed E-state index contributed by atoms with van der Waals surface area (Å²) >= 11 is 0. The van der Waals surface area contributed by atoms with Gasteiger partial charge in [-0.3, -0.25) is 4.79 Å². The molecule has 0 radical (unpaired) electrons. The van der Waals surface area contributed by atoms with Crippen LogP contribution in [-0.2, 0) is 6.61 Å². The van der Waals surface area contributed by atoms with E-state index in [0.29, 0.717) is 22.7 Å². The molecule has 164 valence electrons. The zero-order valence-electron chi connectivity index (χ0n) is 18.0. The lowest BCUT2D eigenvalue weighted by Crippen LogP contribution is -2.65. The number of hydrogen-bond donors (Lipinski definition) is 2. The number of pyridine rings is 1. The number of carbonyl (C=O) groups is 1. The molecule has 2 unspecified atom stereocenters. The van der Waals surface area contributed by atoms with Gasteiger partial charge in [0.15, 0.2) is 0 Å². The molecule has 1 amide bonds. The molecule has 1 aliphatic rings. The molecule has 1 saturated carbocycles. The summed E-state index contributed by atoms with van der Waals surface area (Å²) in [5.74, 6) is -1.32. The molecule has 2 aromatic heterocycles. The van der Waals surface area contributed by atoms with Crippen LogP contribution in [0.1, 0.15) is 47.4 Å². The van der Waals surface area contributed by atoms with Crippen LogP contribution in [0.4, 0.5) is 8.78 Å². The molecule has 4 rings (SSSR count). The summed E-state index contributed by atoms with van der Waals surface area (Å²) in [6.07, 6.45) is 0.805. The predicted molar refractivity (Wildman–Crippen MR) is 113 cm³/mol. The molecular weight excluding hydrogens is 402 g/mol. The van der Waals surface area contributed by atoms with Crippen LogP contribution in [0.2, 0.25) is 0 Å². The number of nitrogens with one attached hydrogen (secondary N) is 1. The van der Waals surface area contributed by atoms with Crippen LogP contribution in [0.5, 0.6) is 5.88 Å². The summed E-state index contributed by atoms with van der Waals surface area (Å²) < 4.78 is 35.1. The molecule has 0 spiro atoms. The van der Waals surface area contributed by atoms with Crippen molar-refractivity contribution in [2.75, 3.05) is 0 Å². The number of hydrogen-bond acceptors (Lipinski definition) is 4. The lowest BCUT2D eigenvalue weighted by molar-refractivity contribution is 0.0667. The molecule has 2 heterocycles. The van der Waals surface area contributed by atoms with Crippen molar-refractivity contribution in [2.24, 2.45) is 11.1 Å². The van der Waals surface area contributed by atoms with Crippen LogP contribution in [0.3, 0.4) is 0 Å². The molecule has 3 N–H and O–H groups in total. The van der Waals surface area contributed by atoms with Crippen LogP contribution in [0.15, 0.2) is 30.3 Å². The first kappa shape index (κ1) is 21.2. The van der Waals surface area contributed by atoms with Crippen LogP contribution in [0.25, 0.3) is 5.52 Å². The van der Waals surface area contributed by atoms with E-state index >= 15 is 0 Å². The van der Waals surface area contributed by atoms with E-state index in [9.17, 15) is 13.6 Å². The van der Waals surface area contributed by atoms with Crippen molar-refractivity contribution in [1.29, 1.82) is 0 Å². The Labute approximate surface area is 179 Å². The van der Waals surface area contributed by atoms with Crippen LogP contribution >= 0.6 is 0 Å². The molecule has 1 fully saturated rings. The highest BCUT2D eigenvalue weighted by atomic mass is 19.1. The number of nitrogens with zero attached hydrogens (tertiary/aromatic N) is 2. The molecule has 8 heteroatoms. The second-order valence-corrected chi connectivity index (χ2v) is 8.92. The van der Waals surface area contributed by atoms with E-state index in [4.69, 9.17) is 10.5 Å². The van der Waals surface area contributed by atoms with Gasteiger partial charge in [-0.05, 0) is 49.4 Å². The second-order valence-electron chi connectivity index (χ2n) is 8.92. The van der Waals surface area contributed by atoms with Crippen molar-refractivity contribution in [1.82, 2.24) is 14.9 Å². The second kappa shape index (κ2) is 7.60. The Balaban J connectivity index is 1.63. The van der Waals surface area contributed by atoms with Gasteiger partial charge in [0.1, 0.15) is 18.2 Å². The summed E-state index contributed by atoms with van der Waals surface area (Å²) in [7, 11) is 0. The largest absolute Gasteiger partial charge is 0.473 e. The van der Waals surface area contributed by atoms with Crippen LogP contribution in [0, 0.1) is 30.9 Å². The number of amides is 1. The van der Waals surface area contributed by atoms with Crippen LogP contribution < -0.4 is 15.8 Å². The van der Waals surface area contributed by atoms with Crippen molar-refractivity contribution in [3.05, 3.63) is 64.4 Å². The van der Waals surface area contributed by atoms with E-state index in [0.717, 1.165) is 12.0 Å². The first-order valence-electron chi connectivity index (χ1n) is 10.2. The third-order valence-electron chi connectivity index (χ3n) is 6.07. The molecule has 3 aromatic rings. The van der Waals surface area contributed by atoms with Crippen LogP contribution in [-0.4, -0.2) is 27.6 Å². The standard InChI is InChI=1S/C23H26F2N4O2/c1-12-8-18-20(22(30)27-17-10-23(3,4)21(17)26)13(2)28-29(18)19(9-12)31-11-14-15(24)6-5-7-16(14)25/h5-9,17,21H,10-11,26H2,1-4H3,(H,27,30). The number of benzene rings is 1. The van der Waals surface area contributed by atoms with Gasteiger partial charge < -0.3 is 15.8 Å². The molecule has 1 aliphatic carbocycles. The average molecular weight is 428 g/mol. The third-order valence-corrected chi connectivity index (χ3v) is 6.07. The van der Waals surface area contributed by atoms with Crippen molar-refractivity contribution >= 4 is 11.4 Å². The summed E-state index contributed by atoms with van der Waals surface area (Å²) in [5.41, 5.74) is 8.38. The highest BCUT2D eigenvalue weighted by Crippen LogP contribution is 2.39. The van der Waals surface area contributed by atoms with Crippen molar-refractivity contribution in [3.63, 3.8) is 0 Å². The first-order chi connectivity index (χ1) is 14.6. The number of fused-ring (bicyclic) bond motifs is 1. The monoisotopic (exact) mass is 428 g/mol. The lowest BCUT2D eigenvalue weighted by Gasteiger charge is -2.49. The van der Waals surface area contributed by atoms with E-state index in [1.165, 1.54) is 22.7 Å². The Morgan fingerprint density at radius 3 is 2.58 bits per heavy atom. The molecule has 0 saturated heterocycles. The fourth-order valence-corrected chi connectivity index (χ4v) is 4.15.